The molecule has 1 unspecified atom stereocenters. The average Bonchev–Trinajstić information content (AvgIpc) is 3.18. The number of hydrogen-bond donors (Lipinski definition) is 0. The molecule has 2 aromatic rings. The quantitative estimate of drug-likeness (QED) is 0.794. The van der Waals surface area contributed by atoms with E-state index in [0.717, 1.165) is 22.6 Å². The van der Waals surface area contributed by atoms with E-state index >= 15 is 0 Å². The Morgan fingerprint density at radius 1 is 1.38 bits per heavy atom. The first-order valence-corrected chi connectivity index (χ1v) is 10.5. The third-order valence-corrected chi connectivity index (χ3v) is 7.06. The number of aromatic nitrogens is 1. The van der Waals surface area contributed by atoms with Gasteiger partial charge in [-0.15, -0.1) is 0 Å². The minimum atomic E-state index is -3.25. The summed E-state index contributed by atoms with van der Waals surface area (Å²) in [4.78, 5) is 6.11. The lowest BCUT2D eigenvalue weighted by molar-refractivity contribution is 0.438. The smallest absolute Gasteiger partial charge is 0.211 e. The van der Waals surface area contributed by atoms with Crippen LogP contribution in [-0.2, 0) is 15.4 Å². The van der Waals surface area contributed by atoms with Gasteiger partial charge in [0.25, 0.3) is 0 Å². The van der Waals surface area contributed by atoms with E-state index in [9.17, 15) is 12.8 Å². The zero-order valence-electron chi connectivity index (χ0n) is 12.9. The summed E-state index contributed by atoms with van der Waals surface area (Å²) >= 11 is 7.17. The molecule has 9 heteroatoms. The maximum Gasteiger partial charge on any atom is 0.211 e. The van der Waals surface area contributed by atoms with Gasteiger partial charge in [0.2, 0.25) is 10.0 Å². The van der Waals surface area contributed by atoms with Crippen LogP contribution < -0.4 is 4.90 Å². The fourth-order valence-electron chi connectivity index (χ4n) is 3.65. The number of thiazole rings is 1. The summed E-state index contributed by atoms with van der Waals surface area (Å²) in [5, 5.41) is 0.842. The summed E-state index contributed by atoms with van der Waals surface area (Å²) < 4.78 is 38.8. The zero-order valence-corrected chi connectivity index (χ0v) is 15.3. The van der Waals surface area contributed by atoms with Crippen molar-refractivity contribution in [3.8, 4) is 0 Å². The number of halogens is 2. The Morgan fingerprint density at radius 3 is 2.79 bits per heavy atom. The maximum atomic E-state index is 13.4. The minimum absolute atomic E-state index is 0.342. The second-order valence-electron chi connectivity index (χ2n) is 6.32. The molecule has 1 spiro atoms. The van der Waals surface area contributed by atoms with Crippen molar-refractivity contribution in [2.75, 3.05) is 30.8 Å². The number of rotatable bonds is 2. The van der Waals surface area contributed by atoms with Crippen molar-refractivity contribution < 1.29 is 12.8 Å². The van der Waals surface area contributed by atoms with E-state index in [4.69, 9.17) is 11.6 Å². The van der Waals surface area contributed by atoms with Gasteiger partial charge in [0.05, 0.1) is 12.5 Å². The van der Waals surface area contributed by atoms with Gasteiger partial charge in [0.15, 0.2) is 10.3 Å². The molecule has 5 nitrogen and oxygen atoms in total. The topological polar surface area (TPSA) is 53.5 Å². The van der Waals surface area contributed by atoms with Crippen molar-refractivity contribution in [1.29, 1.82) is 0 Å². The molecule has 2 aliphatic rings. The van der Waals surface area contributed by atoms with Crippen molar-refractivity contribution in [1.82, 2.24) is 9.29 Å². The molecule has 128 valence electrons. The number of sulfonamides is 1. The van der Waals surface area contributed by atoms with E-state index in [-0.39, 0.29) is 10.5 Å². The van der Waals surface area contributed by atoms with Gasteiger partial charge in [-0.05, 0) is 30.2 Å². The molecule has 1 fully saturated rings. The first-order valence-electron chi connectivity index (χ1n) is 7.43. The van der Waals surface area contributed by atoms with Crippen molar-refractivity contribution >= 4 is 43.8 Å². The zero-order chi connectivity index (χ0) is 17.1. The third-order valence-electron chi connectivity index (χ3n) is 4.77. The summed E-state index contributed by atoms with van der Waals surface area (Å²) in [6.45, 7) is 1.45. The molecule has 2 aliphatic heterocycles. The van der Waals surface area contributed by atoms with Crippen LogP contribution in [0.15, 0.2) is 24.4 Å². The van der Waals surface area contributed by atoms with Crippen LogP contribution in [0.4, 0.5) is 15.2 Å². The fourth-order valence-corrected chi connectivity index (χ4v) is 5.38. The number of anilines is 2. The first-order chi connectivity index (χ1) is 11.3. The molecule has 4 rings (SSSR count). The van der Waals surface area contributed by atoms with Gasteiger partial charge < -0.3 is 4.90 Å². The summed E-state index contributed by atoms with van der Waals surface area (Å²) in [5.74, 6) is 0. The van der Waals surface area contributed by atoms with Gasteiger partial charge in [0, 0.05) is 35.8 Å². The summed E-state index contributed by atoms with van der Waals surface area (Å²) in [7, 11) is -3.25. The van der Waals surface area contributed by atoms with Crippen LogP contribution in [0.3, 0.4) is 0 Å². The van der Waals surface area contributed by atoms with Gasteiger partial charge in [-0.2, -0.15) is 4.39 Å². The van der Waals surface area contributed by atoms with Crippen LogP contribution in [0.2, 0.25) is 5.02 Å². The van der Waals surface area contributed by atoms with Crippen LogP contribution in [-0.4, -0.2) is 43.6 Å². The Hall–Kier alpha value is -1.22. The van der Waals surface area contributed by atoms with Crippen LogP contribution in [0, 0.1) is 5.13 Å². The molecule has 1 saturated heterocycles. The van der Waals surface area contributed by atoms with Crippen molar-refractivity contribution in [2.45, 2.75) is 11.8 Å². The molecule has 0 bridgehead atoms. The standard InChI is InChI=1S/C15H15ClFN3O2S2/c1-24(21,22)19-5-4-15(8-19)9-20(14-18-7-13(17)23-14)12-3-2-10(16)6-11(12)15/h2-3,6-7H,4-5,8-9H2,1H3. The fraction of sp³-hybridized carbons (Fsp3) is 0.400. The normalized spacial score (nSPS) is 24.0. The molecule has 1 aromatic heterocycles. The largest absolute Gasteiger partial charge is 0.317 e. The lowest BCUT2D eigenvalue weighted by Crippen LogP contribution is -2.36. The van der Waals surface area contributed by atoms with Crippen molar-refractivity contribution in [3.05, 3.63) is 40.1 Å². The van der Waals surface area contributed by atoms with Gasteiger partial charge in [-0.3, -0.25) is 0 Å². The number of fused-ring (bicyclic) bond motifs is 2. The van der Waals surface area contributed by atoms with E-state index in [1.54, 1.807) is 6.07 Å². The number of nitrogens with zero attached hydrogens (tertiary/aromatic N) is 3. The summed E-state index contributed by atoms with van der Waals surface area (Å²) in [6, 6.07) is 5.58. The van der Waals surface area contributed by atoms with Crippen molar-refractivity contribution in [3.63, 3.8) is 0 Å². The molecule has 1 atom stereocenters. The summed E-state index contributed by atoms with van der Waals surface area (Å²) in [5.41, 5.74) is 1.59. The predicted molar refractivity (Wildman–Crippen MR) is 93.2 cm³/mol. The second kappa shape index (κ2) is 5.39. The van der Waals surface area contributed by atoms with Crippen LogP contribution in [0.25, 0.3) is 0 Å². The van der Waals surface area contributed by atoms with Gasteiger partial charge in [0.1, 0.15) is 0 Å². The molecular formula is C15H15ClFN3O2S2. The lowest BCUT2D eigenvalue weighted by Gasteiger charge is -2.25. The summed E-state index contributed by atoms with van der Waals surface area (Å²) in [6.07, 6.45) is 3.14. The average molecular weight is 388 g/mol. The second-order valence-corrected chi connectivity index (χ2v) is 9.70. The molecule has 3 heterocycles. The molecule has 0 amide bonds. The minimum Gasteiger partial charge on any atom is -0.317 e. The molecule has 1 aromatic carbocycles. The maximum absolute atomic E-state index is 13.4. The highest BCUT2D eigenvalue weighted by atomic mass is 35.5. The van der Waals surface area contributed by atoms with Gasteiger partial charge >= 0.3 is 0 Å². The monoisotopic (exact) mass is 387 g/mol. The Balaban J connectivity index is 1.80. The number of hydrogen-bond acceptors (Lipinski definition) is 5. The number of benzene rings is 1. The molecule has 0 saturated carbocycles. The molecular weight excluding hydrogens is 373 g/mol. The highest BCUT2D eigenvalue weighted by molar-refractivity contribution is 7.88. The molecule has 0 aliphatic carbocycles. The lowest BCUT2D eigenvalue weighted by atomic mass is 9.82. The molecule has 0 radical (unpaired) electrons. The molecule has 24 heavy (non-hydrogen) atoms. The third kappa shape index (κ3) is 2.52. The highest BCUT2D eigenvalue weighted by Crippen LogP contribution is 2.50. The van der Waals surface area contributed by atoms with E-state index in [1.807, 2.05) is 17.0 Å². The Bertz CT molecular complexity index is 917. The highest BCUT2D eigenvalue weighted by Gasteiger charge is 2.50. The van der Waals surface area contributed by atoms with Crippen LogP contribution >= 0.6 is 22.9 Å². The first kappa shape index (κ1) is 16.3. The van der Waals surface area contributed by atoms with Gasteiger partial charge in [-0.1, -0.05) is 22.9 Å². The van der Waals surface area contributed by atoms with E-state index in [2.05, 4.69) is 4.98 Å². The predicted octanol–water partition coefficient (Wildman–Crippen LogP) is 2.99. The Kier molecular flexibility index (Phi) is 3.65. The van der Waals surface area contributed by atoms with Gasteiger partial charge in [-0.25, -0.2) is 17.7 Å². The Labute approximate surface area is 148 Å². The molecule has 0 N–H and O–H groups in total. The van der Waals surface area contributed by atoms with Crippen molar-refractivity contribution in [2.24, 2.45) is 0 Å². The van der Waals surface area contributed by atoms with E-state index < -0.39 is 10.0 Å². The van der Waals surface area contributed by atoms with E-state index in [1.165, 1.54) is 16.8 Å². The van der Waals surface area contributed by atoms with E-state index in [0.29, 0.717) is 36.2 Å². The van der Waals surface area contributed by atoms with Crippen LogP contribution in [0.5, 0.6) is 0 Å². The van der Waals surface area contributed by atoms with Crippen LogP contribution in [0.1, 0.15) is 12.0 Å². The Morgan fingerprint density at radius 2 is 2.17 bits per heavy atom. The SMILES string of the molecule is CS(=O)(=O)N1CCC2(CN(c3ncc(F)s3)c3ccc(Cl)cc32)C1.